The van der Waals surface area contributed by atoms with Crippen molar-refractivity contribution >= 4 is 17.7 Å². The smallest absolute Gasteiger partial charge is 0.153 e. The summed E-state index contributed by atoms with van der Waals surface area (Å²) in [5, 5.41) is 1.85. The van der Waals surface area contributed by atoms with Crippen LogP contribution >= 0.6 is 0 Å². The summed E-state index contributed by atoms with van der Waals surface area (Å²) in [5.41, 5.74) is 8.51. The number of hydrogen-bond acceptors (Lipinski definition) is 3. The lowest BCUT2D eigenvalue weighted by molar-refractivity contribution is -0.495. The van der Waals surface area contributed by atoms with Gasteiger partial charge in [0.1, 0.15) is 5.69 Å². The quantitative estimate of drug-likeness (QED) is 0.764. The molecular weight excluding hydrogens is 212 g/mol. The van der Waals surface area contributed by atoms with Gasteiger partial charge in [-0.3, -0.25) is 0 Å². The number of nitrogens with one attached hydrogen (secondary N) is 2. The van der Waals surface area contributed by atoms with Gasteiger partial charge in [0.25, 0.3) is 6.34 Å². The Balaban J connectivity index is 1.78. The van der Waals surface area contributed by atoms with Crippen LogP contribution in [0.4, 0.5) is 11.4 Å². The molecule has 1 aliphatic heterocycles. The second-order valence-electron chi connectivity index (χ2n) is 3.73. The van der Waals surface area contributed by atoms with E-state index in [0.717, 1.165) is 11.4 Å². The third-order valence-electron chi connectivity index (χ3n) is 2.57. The van der Waals surface area contributed by atoms with E-state index < -0.39 is 0 Å². The van der Waals surface area contributed by atoms with Crippen molar-refractivity contribution in [2.75, 3.05) is 5.12 Å². The number of hydrazone groups is 1. The van der Waals surface area contributed by atoms with Crippen LogP contribution in [0.5, 0.6) is 0 Å². The van der Waals surface area contributed by atoms with Crippen molar-refractivity contribution in [2.24, 2.45) is 0 Å². The zero-order chi connectivity index (χ0) is 11.5. The molecule has 4 nitrogen and oxygen atoms in total. The number of benzene rings is 2. The number of nitrogens with zero attached hydrogens (tertiary/aromatic N) is 2. The Bertz CT molecular complexity index is 522. The van der Waals surface area contributed by atoms with Crippen LogP contribution in [0.2, 0.25) is 0 Å². The van der Waals surface area contributed by atoms with Gasteiger partial charge >= 0.3 is 0 Å². The molecule has 0 unspecified atom stereocenters. The fraction of sp³-hybridized carbons (Fsp3) is 0. The Labute approximate surface area is 99.7 Å². The molecule has 0 aliphatic carbocycles. The van der Waals surface area contributed by atoms with E-state index in [0.29, 0.717) is 0 Å². The van der Waals surface area contributed by atoms with Gasteiger partial charge in [0.2, 0.25) is 0 Å². The van der Waals surface area contributed by atoms with E-state index in [2.05, 4.69) is 11.0 Å². The van der Waals surface area contributed by atoms with E-state index in [4.69, 9.17) is 0 Å². The third kappa shape index (κ3) is 1.92. The van der Waals surface area contributed by atoms with Gasteiger partial charge < -0.3 is 0 Å². The maximum atomic E-state index is 3.22. The lowest BCUT2D eigenvalue weighted by Crippen LogP contribution is -2.42. The van der Waals surface area contributed by atoms with E-state index in [-0.39, 0.29) is 0 Å². The van der Waals surface area contributed by atoms with Crippen molar-refractivity contribution in [3.63, 3.8) is 0 Å². The van der Waals surface area contributed by atoms with Crippen LogP contribution in [0.15, 0.2) is 60.7 Å². The molecule has 4 heteroatoms. The molecule has 3 rings (SSSR count). The van der Waals surface area contributed by atoms with E-state index >= 15 is 0 Å². The van der Waals surface area contributed by atoms with Gasteiger partial charge in [0.15, 0.2) is 5.69 Å². The van der Waals surface area contributed by atoms with E-state index in [1.54, 1.807) is 0 Å². The van der Waals surface area contributed by atoms with Crippen molar-refractivity contribution in [1.82, 2.24) is 11.0 Å². The molecule has 2 aromatic carbocycles. The molecule has 0 saturated heterocycles. The van der Waals surface area contributed by atoms with Gasteiger partial charge in [-0.15, -0.1) is 10.2 Å². The topological polar surface area (TPSA) is 30.3 Å². The minimum absolute atomic E-state index is 1.06. The van der Waals surface area contributed by atoms with Crippen LogP contribution in [0, 0.1) is 0 Å². The average molecular weight is 225 g/mol. The fourth-order valence-corrected chi connectivity index (χ4v) is 1.71. The molecule has 0 aromatic heterocycles. The molecule has 84 valence electrons. The van der Waals surface area contributed by atoms with Gasteiger partial charge in [-0.2, -0.15) is 5.43 Å². The first-order chi connectivity index (χ1) is 8.43. The molecule has 0 saturated carbocycles. The Morgan fingerprint density at radius 1 is 0.824 bits per heavy atom. The highest BCUT2D eigenvalue weighted by Crippen LogP contribution is 2.13. The Morgan fingerprint density at radius 2 is 1.47 bits per heavy atom. The van der Waals surface area contributed by atoms with Gasteiger partial charge in [-0.25, -0.2) is 0 Å². The van der Waals surface area contributed by atoms with Gasteiger partial charge in [-0.05, 0) is 24.3 Å². The Hall–Kier alpha value is -2.49. The largest absolute Gasteiger partial charge is 0.287 e. The van der Waals surface area contributed by atoms with E-state index in [1.165, 1.54) is 0 Å². The molecule has 0 atom stereocenters. The summed E-state index contributed by atoms with van der Waals surface area (Å²) < 4.78 is 1.92. The van der Waals surface area contributed by atoms with Crippen molar-refractivity contribution in [3.05, 3.63) is 60.7 Å². The van der Waals surface area contributed by atoms with E-state index in [9.17, 15) is 0 Å². The molecule has 0 spiro atoms. The van der Waals surface area contributed by atoms with Crippen molar-refractivity contribution in [1.29, 1.82) is 0 Å². The first kappa shape index (κ1) is 9.72. The maximum absolute atomic E-state index is 3.22. The molecule has 0 radical (unpaired) electrons. The van der Waals surface area contributed by atoms with Crippen LogP contribution in [0.25, 0.3) is 0 Å². The minimum Gasteiger partial charge on any atom is -0.153 e. The molecule has 0 amide bonds. The Morgan fingerprint density at radius 3 is 2.18 bits per heavy atom. The first-order valence-electron chi connectivity index (χ1n) is 5.49. The van der Waals surface area contributed by atoms with Gasteiger partial charge in [-0.1, -0.05) is 41.5 Å². The molecule has 2 aromatic rings. The summed E-state index contributed by atoms with van der Waals surface area (Å²) in [5.74, 6) is 0. The molecule has 1 heterocycles. The van der Waals surface area contributed by atoms with E-state index in [1.807, 2.05) is 76.8 Å². The molecule has 17 heavy (non-hydrogen) atoms. The standard InChI is InChI=1S/C13H12N4/c1-3-7-12(8-4-1)16-11-14-17(15-16)13-9-5-2-6-10-13/h1-11,15H/p+1. The Kier molecular flexibility index (Phi) is 2.38. The van der Waals surface area contributed by atoms with Crippen LogP contribution in [-0.4, -0.2) is 11.0 Å². The van der Waals surface area contributed by atoms with Crippen molar-refractivity contribution in [3.8, 4) is 0 Å². The fourth-order valence-electron chi connectivity index (χ4n) is 1.71. The van der Waals surface area contributed by atoms with Gasteiger partial charge in [0.05, 0.1) is 0 Å². The second-order valence-corrected chi connectivity index (χ2v) is 3.73. The van der Waals surface area contributed by atoms with Crippen LogP contribution < -0.4 is 16.1 Å². The minimum atomic E-state index is 1.06. The summed E-state index contributed by atoms with van der Waals surface area (Å²) >= 11 is 0. The van der Waals surface area contributed by atoms with Gasteiger partial charge in [0, 0.05) is 0 Å². The predicted octanol–water partition coefficient (Wildman–Crippen LogP) is 1.80. The molecule has 0 bridgehead atoms. The number of rotatable bonds is 2. The number of para-hydroxylation sites is 2. The van der Waals surface area contributed by atoms with Crippen molar-refractivity contribution < 1.29 is 4.68 Å². The van der Waals surface area contributed by atoms with Crippen LogP contribution in [-0.2, 0) is 0 Å². The van der Waals surface area contributed by atoms with Crippen LogP contribution in [0.1, 0.15) is 0 Å². The normalized spacial score (nSPS) is 13.9. The molecular formula is C13H13N4+. The van der Waals surface area contributed by atoms with Crippen molar-refractivity contribution in [2.45, 2.75) is 0 Å². The molecule has 2 N–H and O–H groups in total. The lowest BCUT2D eigenvalue weighted by atomic mass is 10.3. The third-order valence-corrected chi connectivity index (χ3v) is 2.57. The highest BCUT2D eigenvalue weighted by Gasteiger charge is 2.19. The first-order valence-corrected chi connectivity index (χ1v) is 5.49. The summed E-state index contributed by atoms with van der Waals surface area (Å²) in [4.78, 5) is 0. The maximum Gasteiger partial charge on any atom is 0.287 e. The molecule has 0 fully saturated rings. The zero-order valence-corrected chi connectivity index (χ0v) is 9.25. The molecule has 1 aliphatic rings. The number of anilines is 1. The monoisotopic (exact) mass is 225 g/mol. The summed E-state index contributed by atoms with van der Waals surface area (Å²) in [7, 11) is 0. The van der Waals surface area contributed by atoms with Crippen LogP contribution in [0.3, 0.4) is 0 Å². The second kappa shape index (κ2) is 4.17. The highest BCUT2D eigenvalue weighted by molar-refractivity contribution is 5.58. The average Bonchev–Trinajstić information content (AvgIpc) is 2.90. The number of hydrazine groups is 3. The summed E-state index contributed by atoms with van der Waals surface area (Å²) in [6.07, 6.45) is 1.88. The lowest BCUT2D eigenvalue weighted by Gasteiger charge is -2.12. The summed E-state index contributed by atoms with van der Waals surface area (Å²) in [6.45, 7) is 0. The SMILES string of the molecule is C1=[N+](c2ccccc2)NN(c2ccccc2)N1. The predicted molar refractivity (Wildman–Crippen MR) is 67.6 cm³/mol. The highest BCUT2D eigenvalue weighted by atomic mass is 15.9. The summed E-state index contributed by atoms with van der Waals surface area (Å²) in [6, 6.07) is 20.2. The number of hydrogen-bond donors (Lipinski definition) is 2. The zero-order valence-electron chi connectivity index (χ0n) is 9.25.